The van der Waals surface area contributed by atoms with E-state index in [2.05, 4.69) is 19.1 Å². The summed E-state index contributed by atoms with van der Waals surface area (Å²) >= 11 is 0. The molecule has 1 aliphatic heterocycles. The van der Waals surface area contributed by atoms with Crippen molar-refractivity contribution in [1.82, 2.24) is 4.98 Å². The molecule has 0 N–H and O–H groups in total. The number of nitrogens with zero attached hydrogens (tertiary/aromatic N) is 1. The summed E-state index contributed by atoms with van der Waals surface area (Å²) < 4.78 is 6.22. The van der Waals surface area contributed by atoms with Gasteiger partial charge in [-0.15, -0.1) is 0 Å². The van der Waals surface area contributed by atoms with Crippen LogP contribution in [0, 0.1) is 0 Å². The highest BCUT2D eigenvalue weighted by atomic mass is 16.5. The molecule has 1 saturated heterocycles. The molecule has 19 heavy (non-hydrogen) atoms. The lowest BCUT2D eigenvalue weighted by Gasteiger charge is -2.46. The van der Waals surface area contributed by atoms with Gasteiger partial charge in [0, 0.05) is 23.9 Å². The second-order valence-electron chi connectivity index (χ2n) is 6.41. The Labute approximate surface area is 116 Å². The first-order valence-electron chi connectivity index (χ1n) is 7.84. The third-order valence-corrected chi connectivity index (χ3v) is 5.10. The Morgan fingerprint density at radius 3 is 2.74 bits per heavy atom. The van der Waals surface area contributed by atoms with E-state index in [0.29, 0.717) is 0 Å². The summed E-state index contributed by atoms with van der Waals surface area (Å²) in [5.41, 5.74) is 1.73. The molecule has 2 heterocycles. The summed E-state index contributed by atoms with van der Waals surface area (Å²) in [6, 6.07) is 6.38. The number of rotatable bonds is 3. The third kappa shape index (κ3) is 2.43. The first kappa shape index (κ1) is 13.1. The quantitative estimate of drug-likeness (QED) is 0.810. The average Bonchev–Trinajstić information content (AvgIpc) is 2.88. The molecular weight excluding hydrogens is 234 g/mol. The molecule has 1 saturated carbocycles. The van der Waals surface area contributed by atoms with E-state index in [4.69, 9.17) is 9.72 Å². The van der Waals surface area contributed by atoms with Crippen molar-refractivity contribution in [3.63, 3.8) is 0 Å². The Morgan fingerprint density at radius 2 is 2.05 bits per heavy atom. The van der Waals surface area contributed by atoms with Crippen molar-refractivity contribution in [1.29, 1.82) is 0 Å². The Bertz CT molecular complexity index is 407. The van der Waals surface area contributed by atoms with Gasteiger partial charge in [-0.25, -0.2) is 0 Å². The fraction of sp³-hybridized carbons (Fsp3) is 0.706. The van der Waals surface area contributed by atoms with Gasteiger partial charge in [0.05, 0.1) is 5.60 Å². The molecule has 0 unspecified atom stereocenters. The maximum Gasteiger partial charge on any atom is 0.0691 e. The van der Waals surface area contributed by atoms with Gasteiger partial charge in [-0.05, 0) is 44.2 Å². The largest absolute Gasteiger partial charge is 0.375 e. The van der Waals surface area contributed by atoms with Crippen LogP contribution in [0.4, 0.5) is 0 Å². The third-order valence-electron chi connectivity index (χ3n) is 5.10. The molecule has 104 valence electrons. The van der Waals surface area contributed by atoms with Gasteiger partial charge in [-0.3, -0.25) is 4.98 Å². The minimum Gasteiger partial charge on any atom is -0.375 e. The van der Waals surface area contributed by atoms with E-state index < -0.39 is 0 Å². The van der Waals surface area contributed by atoms with Crippen LogP contribution in [0.25, 0.3) is 0 Å². The number of pyridine rings is 1. The molecule has 1 spiro atoms. The highest BCUT2D eigenvalue weighted by Crippen LogP contribution is 2.49. The summed E-state index contributed by atoms with van der Waals surface area (Å²) in [6.45, 7) is 3.21. The van der Waals surface area contributed by atoms with Crippen LogP contribution in [0.15, 0.2) is 24.4 Å². The Balaban J connectivity index is 1.92. The lowest BCUT2D eigenvalue weighted by molar-refractivity contribution is -0.104. The fourth-order valence-corrected chi connectivity index (χ4v) is 4.27. The maximum absolute atomic E-state index is 6.22. The molecule has 0 bridgehead atoms. The molecule has 3 rings (SSSR count). The van der Waals surface area contributed by atoms with Crippen molar-refractivity contribution < 1.29 is 4.74 Å². The summed E-state index contributed by atoms with van der Waals surface area (Å²) in [7, 11) is 0. The zero-order chi connectivity index (χ0) is 13.2. The molecule has 0 amide bonds. The highest BCUT2D eigenvalue weighted by molar-refractivity contribution is 5.20. The molecule has 2 nitrogen and oxygen atoms in total. The van der Waals surface area contributed by atoms with Gasteiger partial charge in [-0.2, -0.15) is 0 Å². The van der Waals surface area contributed by atoms with Gasteiger partial charge in [0.2, 0.25) is 0 Å². The van der Waals surface area contributed by atoms with Crippen LogP contribution in [0.5, 0.6) is 0 Å². The predicted molar refractivity (Wildman–Crippen MR) is 77.2 cm³/mol. The minimum atomic E-state index is 0.172. The van der Waals surface area contributed by atoms with Crippen molar-refractivity contribution in [3.05, 3.63) is 30.1 Å². The zero-order valence-electron chi connectivity index (χ0n) is 12.0. The molecule has 1 atom stereocenters. The van der Waals surface area contributed by atoms with Crippen LogP contribution < -0.4 is 0 Å². The average molecular weight is 259 g/mol. The van der Waals surface area contributed by atoms with E-state index in [0.717, 1.165) is 13.0 Å². The molecule has 1 aromatic heterocycles. The maximum atomic E-state index is 6.22. The molecule has 2 aliphatic rings. The molecule has 0 aromatic carbocycles. The van der Waals surface area contributed by atoms with Crippen LogP contribution >= 0.6 is 0 Å². The zero-order valence-corrected chi connectivity index (χ0v) is 12.0. The summed E-state index contributed by atoms with van der Waals surface area (Å²) in [4.78, 5) is 4.69. The number of aromatic nitrogens is 1. The molecule has 2 heteroatoms. The topological polar surface area (TPSA) is 22.1 Å². The lowest BCUT2D eigenvalue weighted by Crippen LogP contribution is -2.46. The summed E-state index contributed by atoms with van der Waals surface area (Å²) in [5.74, 6) is 0. The summed E-state index contributed by atoms with van der Waals surface area (Å²) in [5, 5.41) is 0. The van der Waals surface area contributed by atoms with Crippen molar-refractivity contribution in [3.8, 4) is 0 Å². The monoisotopic (exact) mass is 259 g/mol. The number of hydrogen-bond acceptors (Lipinski definition) is 2. The smallest absolute Gasteiger partial charge is 0.0691 e. The van der Waals surface area contributed by atoms with E-state index in [9.17, 15) is 0 Å². The number of ether oxygens (including phenoxy) is 1. The van der Waals surface area contributed by atoms with Crippen molar-refractivity contribution in [2.24, 2.45) is 0 Å². The Kier molecular flexibility index (Phi) is 3.62. The normalized spacial score (nSPS) is 29.7. The summed E-state index contributed by atoms with van der Waals surface area (Å²) in [6.07, 6.45) is 11.9. The van der Waals surface area contributed by atoms with Gasteiger partial charge < -0.3 is 4.74 Å². The Morgan fingerprint density at radius 1 is 1.21 bits per heavy atom. The van der Waals surface area contributed by atoms with Gasteiger partial charge in [-0.1, -0.05) is 32.3 Å². The SMILES string of the molecule is CCC[C@@]1(c2ccccn2)CCOC2(CCCC2)C1. The van der Waals surface area contributed by atoms with E-state index in [1.54, 1.807) is 0 Å². The second kappa shape index (κ2) is 5.24. The van der Waals surface area contributed by atoms with Crippen molar-refractivity contribution >= 4 is 0 Å². The number of hydrogen-bond donors (Lipinski definition) is 0. The van der Waals surface area contributed by atoms with E-state index in [1.807, 2.05) is 12.3 Å². The van der Waals surface area contributed by atoms with Crippen LogP contribution in [-0.4, -0.2) is 17.2 Å². The van der Waals surface area contributed by atoms with Crippen molar-refractivity contribution in [2.75, 3.05) is 6.61 Å². The second-order valence-corrected chi connectivity index (χ2v) is 6.41. The van der Waals surface area contributed by atoms with Gasteiger partial charge in [0.25, 0.3) is 0 Å². The molecule has 1 aromatic rings. The molecule has 1 aliphatic carbocycles. The minimum absolute atomic E-state index is 0.172. The molecule has 2 fully saturated rings. The van der Waals surface area contributed by atoms with Gasteiger partial charge >= 0.3 is 0 Å². The van der Waals surface area contributed by atoms with E-state index >= 15 is 0 Å². The molecular formula is C17H25NO. The first-order valence-corrected chi connectivity index (χ1v) is 7.84. The lowest BCUT2D eigenvalue weighted by atomic mass is 9.67. The predicted octanol–water partition coefficient (Wildman–Crippen LogP) is 4.24. The van der Waals surface area contributed by atoms with Crippen LogP contribution in [0.1, 0.15) is 64.0 Å². The van der Waals surface area contributed by atoms with Crippen molar-refractivity contribution in [2.45, 2.75) is 69.3 Å². The van der Waals surface area contributed by atoms with Gasteiger partial charge in [0.1, 0.15) is 0 Å². The van der Waals surface area contributed by atoms with E-state index in [1.165, 1.54) is 50.6 Å². The van der Waals surface area contributed by atoms with E-state index in [-0.39, 0.29) is 11.0 Å². The highest BCUT2D eigenvalue weighted by Gasteiger charge is 2.47. The fourth-order valence-electron chi connectivity index (χ4n) is 4.27. The van der Waals surface area contributed by atoms with Crippen LogP contribution in [0.2, 0.25) is 0 Å². The first-order chi connectivity index (χ1) is 9.29. The molecule has 0 radical (unpaired) electrons. The van der Waals surface area contributed by atoms with Gasteiger partial charge in [0.15, 0.2) is 0 Å². The van der Waals surface area contributed by atoms with Crippen LogP contribution in [-0.2, 0) is 10.2 Å². The standard InChI is InChI=1S/C17H25NO/c1-2-8-16(15-7-3-6-12-18-15)11-13-19-17(14-16)9-4-5-10-17/h3,6-7,12H,2,4-5,8-11,13-14H2,1H3/t16-/m1/s1. The van der Waals surface area contributed by atoms with Crippen LogP contribution in [0.3, 0.4) is 0 Å². The Hall–Kier alpha value is -0.890.